The Hall–Kier alpha value is -2.09. The number of piperazine rings is 1. The van der Waals surface area contributed by atoms with Crippen LogP contribution in [0.5, 0.6) is 11.5 Å². The Balaban J connectivity index is 1.59. The number of sulfonamides is 1. The maximum absolute atomic E-state index is 12.8. The molecule has 0 amide bonds. The summed E-state index contributed by atoms with van der Waals surface area (Å²) in [6.45, 7) is 3.21. The molecule has 0 radical (unpaired) electrons. The number of rotatable bonds is 6. The molecule has 0 aromatic heterocycles. The lowest BCUT2D eigenvalue weighted by Crippen LogP contribution is -2.48. The number of methoxy groups -OCH3 is 2. The van der Waals surface area contributed by atoms with Crippen LogP contribution in [0.25, 0.3) is 0 Å². The molecule has 0 spiro atoms. The topological polar surface area (TPSA) is 59.1 Å². The molecule has 0 atom stereocenters. The molecule has 2 aromatic carbocycles. The Morgan fingerprint density at radius 2 is 1.31 bits per heavy atom. The zero-order valence-corrected chi connectivity index (χ0v) is 15.9. The molecular weight excluding hydrogens is 352 g/mol. The molecule has 1 aliphatic rings. The van der Waals surface area contributed by atoms with Crippen LogP contribution in [0, 0.1) is 0 Å². The Kier molecular flexibility index (Phi) is 5.80. The molecule has 0 bridgehead atoms. The Morgan fingerprint density at radius 1 is 0.808 bits per heavy atom. The first kappa shape index (κ1) is 18.7. The minimum Gasteiger partial charge on any atom is -0.497 e. The number of hydrogen-bond donors (Lipinski definition) is 0. The van der Waals surface area contributed by atoms with Crippen molar-refractivity contribution >= 4 is 10.0 Å². The molecule has 1 heterocycles. The van der Waals surface area contributed by atoms with Gasteiger partial charge in [-0.3, -0.25) is 4.90 Å². The van der Waals surface area contributed by atoms with Gasteiger partial charge in [-0.05, 0) is 42.0 Å². The molecule has 2 aromatic rings. The van der Waals surface area contributed by atoms with Crippen molar-refractivity contribution in [3.63, 3.8) is 0 Å². The van der Waals surface area contributed by atoms with Crippen molar-refractivity contribution in [2.75, 3.05) is 40.4 Å². The van der Waals surface area contributed by atoms with Gasteiger partial charge >= 0.3 is 0 Å². The second kappa shape index (κ2) is 8.07. The van der Waals surface area contributed by atoms with Crippen molar-refractivity contribution in [2.45, 2.75) is 11.4 Å². The van der Waals surface area contributed by atoms with Crippen LogP contribution in [0.3, 0.4) is 0 Å². The van der Waals surface area contributed by atoms with E-state index in [4.69, 9.17) is 9.47 Å². The minimum atomic E-state index is -3.46. The highest BCUT2D eigenvalue weighted by Crippen LogP contribution is 2.21. The van der Waals surface area contributed by atoms with E-state index in [0.29, 0.717) is 36.8 Å². The van der Waals surface area contributed by atoms with E-state index in [2.05, 4.69) is 4.90 Å². The van der Waals surface area contributed by atoms with Crippen LogP contribution >= 0.6 is 0 Å². The van der Waals surface area contributed by atoms with Crippen molar-refractivity contribution in [2.24, 2.45) is 0 Å². The molecule has 7 heteroatoms. The molecule has 6 nitrogen and oxygen atoms in total. The van der Waals surface area contributed by atoms with Gasteiger partial charge in [0, 0.05) is 32.7 Å². The maximum Gasteiger partial charge on any atom is 0.243 e. The lowest BCUT2D eigenvalue weighted by atomic mass is 10.2. The van der Waals surface area contributed by atoms with Gasteiger partial charge in [0.2, 0.25) is 10.0 Å². The van der Waals surface area contributed by atoms with E-state index in [9.17, 15) is 8.42 Å². The summed E-state index contributed by atoms with van der Waals surface area (Å²) in [6, 6.07) is 14.5. The van der Waals surface area contributed by atoms with Crippen LogP contribution in [0.15, 0.2) is 53.4 Å². The summed E-state index contributed by atoms with van der Waals surface area (Å²) >= 11 is 0. The fourth-order valence-electron chi connectivity index (χ4n) is 3.01. The Morgan fingerprint density at radius 3 is 1.81 bits per heavy atom. The van der Waals surface area contributed by atoms with Crippen molar-refractivity contribution < 1.29 is 17.9 Å². The van der Waals surface area contributed by atoms with E-state index < -0.39 is 10.0 Å². The summed E-state index contributed by atoms with van der Waals surface area (Å²) in [7, 11) is -0.246. The van der Waals surface area contributed by atoms with Crippen LogP contribution in [-0.2, 0) is 16.6 Å². The predicted molar refractivity (Wildman–Crippen MR) is 100 cm³/mol. The number of ether oxygens (including phenoxy) is 2. The van der Waals surface area contributed by atoms with E-state index in [-0.39, 0.29) is 0 Å². The van der Waals surface area contributed by atoms with Gasteiger partial charge in [0.1, 0.15) is 11.5 Å². The molecule has 0 unspecified atom stereocenters. The summed E-state index contributed by atoms with van der Waals surface area (Å²) in [6.07, 6.45) is 0. The maximum atomic E-state index is 12.8. The summed E-state index contributed by atoms with van der Waals surface area (Å²) in [5.74, 6) is 1.48. The first-order valence-corrected chi connectivity index (χ1v) is 9.96. The quantitative estimate of drug-likeness (QED) is 0.774. The number of hydrogen-bond acceptors (Lipinski definition) is 5. The van der Waals surface area contributed by atoms with Gasteiger partial charge in [-0.1, -0.05) is 12.1 Å². The highest BCUT2D eigenvalue weighted by atomic mass is 32.2. The Labute approximate surface area is 155 Å². The molecule has 0 saturated carbocycles. The average Bonchev–Trinajstić information content (AvgIpc) is 2.69. The summed E-state index contributed by atoms with van der Waals surface area (Å²) in [4.78, 5) is 2.57. The predicted octanol–water partition coefficient (Wildman–Crippen LogP) is 2.21. The van der Waals surface area contributed by atoms with Gasteiger partial charge in [-0.25, -0.2) is 8.42 Å². The van der Waals surface area contributed by atoms with Crippen molar-refractivity contribution in [3.05, 3.63) is 54.1 Å². The van der Waals surface area contributed by atoms with Crippen LogP contribution in [0.4, 0.5) is 0 Å². The Bertz CT molecular complexity index is 812. The standard InChI is InChI=1S/C19H24N2O4S/c1-24-17-5-3-16(4-6-17)15-20-11-13-21(14-12-20)26(22,23)19-9-7-18(25-2)8-10-19/h3-10H,11-15H2,1-2H3. The lowest BCUT2D eigenvalue weighted by Gasteiger charge is -2.34. The van der Waals surface area contributed by atoms with E-state index >= 15 is 0 Å². The minimum absolute atomic E-state index is 0.307. The van der Waals surface area contributed by atoms with Gasteiger partial charge in [0.25, 0.3) is 0 Å². The zero-order valence-electron chi connectivity index (χ0n) is 15.1. The molecule has 1 fully saturated rings. The third-order valence-electron chi connectivity index (χ3n) is 4.59. The molecule has 0 N–H and O–H groups in total. The van der Waals surface area contributed by atoms with E-state index in [0.717, 1.165) is 12.3 Å². The van der Waals surface area contributed by atoms with E-state index in [1.165, 1.54) is 5.56 Å². The van der Waals surface area contributed by atoms with E-state index in [1.807, 2.05) is 24.3 Å². The molecule has 3 rings (SSSR count). The smallest absolute Gasteiger partial charge is 0.243 e. The van der Waals surface area contributed by atoms with Crippen molar-refractivity contribution in [3.8, 4) is 11.5 Å². The molecule has 0 aliphatic carbocycles. The number of nitrogens with zero attached hydrogens (tertiary/aromatic N) is 2. The average molecular weight is 376 g/mol. The second-order valence-corrected chi connectivity index (χ2v) is 8.14. The van der Waals surface area contributed by atoms with Gasteiger partial charge in [0.15, 0.2) is 0 Å². The van der Waals surface area contributed by atoms with Crippen molar-refractivity contribution in [1.82, 2.24) is 9.21 Å². The SMILES string of the molecule is COc1ccc(CN2CCN(S(=O)(=O)c3ccc(OC)cc3)CC2)cc1. The molecule has 26 heavy (non-hydrogen) atoms. The van der Waals surface area contributed by atoms with Gasteiger partial charge in [0.05, 0.1) is 19.1 Å². The third kappa shape index (κ3) is 4.17. The van der Waals surface area contributed by atoms with E-state index in [1.54, 1.807) is 42.8 Å². The van der Waals surface area contributed by atoms with Crippen LogP contribution in [-0.4, -0.2) is 58.0 Å². The van der Waals surface area contributed by atoms with Crippen molar-refractivity contribution in [1.29, 1.82) is 0 Å². The molecule has 1 aliphatic heterocycles. The highest BCUT2D eigenvalue weighted by Gasteiger charge is 2.28. The van der Waals surface area contributed by atoms with Gasteiger partial charge < -0.3 is 9.47 Å². The fourth-order valence-corrected chi connectivity index (χ4v) is 4.44. The molecule has 1 saturated heterocycles. The number of benzene rings is 2. The summed E-state index contributed by atoms with van der Waals surface area (Å²) in [5, 5.41) is 0. The zero-order chi connectivity index (χ0) is 18.6. The monoisotopic (exact) mass is 376 g/mol. The molecular formula is C19H24N2O4S. The van der Waals surface area contributed by atoms with Crippen LogP contribution in [0.1, 0.15) is 5.56 Å². The fraction of sp³-hybridized carbons (Fsp3) is 0.368. The summed E-state index contributed by atoms with van der Waals surface area (Å²) in [5.41, 5.74) is 1.19. The normalized spacial score (nSPS) is 16.4. The lowest BCUT2D eigenvalue weighted by molar-refractivity contribution is 0.181. The molecule has 140 valence electrons. The van der Waals surface area contributed by atoms with Gasteiger partial charge in [-0.2, -0.15) is 4.31 Å². The highest BCUT2D eigenvalue weighted by molar-refractivity contribution is 7.89. The largest absolute Gasteiger partial charge is 0.497 e. The summed E-state index contributed by atoms with van der Waals surface area (Å²) < 4.78 is 37.4. The first-order valence-electron chi connectivity index (χ1n) is 8.52. The van der Waals surface area contributed by atoms with Crippen LogP contribution < -0.4 is 9.47 Å². The second-order valence-electron chi connectivity index (χ2n) is 6.20. The van der Waals surface area contributed by atoms with Gasteiger partial charge in [-0.15, -0.1) is 0 Å². The third-order valence-corrected chi connectivity index (χ3v) is 6.51. The van der Waals surface area contributed by atoms with Crippen LogP contribution in [0.2, 0.25) is 0 Å². The first-order chi connectivity index (χ1) is 12.5.